The molecule has 1 atom stereocenters. The topological polar surface area (TPSA) is 116 Å². The molecule has 1 aromatic carbocycles. The first-order chi connectivity index (χ1) is 8.79. The summed E-state index contributed by atoms with van der Waals surface area (Å²) in [7, 11) is -3.54. The summed E-state index contributed by atoms with van der Waals surface area (Å²) in [6.07, 6.45) is 0.656. The van der Waals surface area contributed by atoms with Gasteiger partial charge in [-0.05, 0) is 11.6 Å². The molecule has 1 aromatic rings. The molecule has 104 valence electrons. The van der Waals surface area contributed by atoms with Crippen molar-refractivity contribution in [2.75, 3.05) is 13.0 Å². The zero-order valence-corrected chi connectivity index (χ0v) is 10.9. The predicted octanol–water partition coefficient (Wildman–Crippen LogP) is 0.293. The lowest BCUT2D eigenvalue weighted by Crippen LogP contribution is -2.18. The Morgan fingerprint density at radius 1 is 1.42 bits per heavy atom. The number of carboxylic acids is 1. The lowest BCUT2D eigenvalue weighted by molar-refractivity contribution is -0.137. The summed E-state index contributed by atoms with van der Waals surface area (Å²) in [6, 6.07) is 1.80. The van der Waals surface area contributed by atoms with E-state index in [1.54, 1.807) is 0 Å². The van der Waals surface area contributed by atoms with Gasteiger partial charge in [0.25, 0.3) is 0 Å². The number of fused-ring (bicyclic) bond motifs is 1. The summed E-state index contributed by atoms with van der Waals surface area (Å²) in [5.41, 5.74) is 5.96. The molecule has 0 fully saturated rings. The van der Waals surface area contributed by atoms with Crippen LogP contribution in [-0.2, 0) is 14.6 Å². The Morgan fingerprint density at radius 3 is 2.53 bits per heavy atom. The number of hydrogen-bond donors (Lipinski definition) is 2. The van der Waals surface area contributed by atoms with Gasteiger partial charge in [-0.2, -0.15) is 0 Å². The maximum absolute atomic E-state index is 11.7. The number of hydrogen-bond acceptors (Lipinski definition) is 6. The van der Waals surface area contributed by atoms with Crippen molar-refractivity contribution in [3.8, 4) is 11.5 Å². The van der Waals surface area contributed by atoms with Gasteiger partial charge in [0.1, 0.15) is 0 Å². The number of rotatable bonds is 4. The van der Waals surface area contributed by atoms with Crippen molar-refractivity contribution in [2.45, 2.75) is 17.4 Å². The normalized spacial score (nSPS) is 15.3. The highest BCUT2D eigenvalue weighted by atomic mass is 32.2. The molecular formula is C11H13NO6S. The summed E-state index contributed by atoms with van der Waals surface area (Å²) < 4.78 is 33.7. The van der Waals surface area contributed by atoms with Crippen LogP contribution in [0.2, 0.25) is 0 Å². The number of ether oxygens (including phenoxy) is 2. The quantitative estimate of drug-likeness (QED) is 0.817. The van der Waals surface area contributed by atoms with E-state index in [-0.39, 0.29) is 23.7 Å². The van der Waals surface area contributed by atoms with E-state index in [2.05, 4.69) is 0 Å². The van der Waals surface area contributed by atoms with Gasteiger partial charge in [-0.25, -0.2) is 8.42 Å². The Morgan fingerprint density at radius 2 is 2.00 bits per heavy atom. The molecule has 0 spiro atoms. The van der Waals surface area contributed by atoms with Crippen molar-refractivity contribution in [2.24, 2.45) is 5.73 Å². The third-order valence-electron chi connectivity index (χ3n) is 2.70. The number of carboxylic acid groups (broad SMARTS) is 1. The number of aliphatic carboxylic acids is 1. The van der Waals surface area contributed by atoms with Crippen LogP contribution < -0.4 is 15.2 Å². The van der Waals surface area contributed by atoms with Crippen molar-refractivity contribution in [1.82, 2.24) is 0 Å². The minimum atomic E-state index is -3.54. The highest BCUT2D eigenvalue weighted by Crippen LogP contribution is 2.38. The van der Waals surface area contributed by atoms with E-state index in [0.717, 1.165) is 6.26 Å². The van der Waals surface area contributed by atoms with Gasteiger partial charge in [0.2, 0.25) is 6.79 Å². The van der Waals surface area contributed by atoms with Crippen LogP contribution >= 0.6 is 0 Å². The average molecular weight is 287 g/mol. The van der Waals surface area contributed by atoms with E-state index in [0.29, 0.717) is 11.5 Å². The third-order valence-corrected chi connectivity index (χ3v) is 3.85. The maximum Gasteiger partial charge on any atom is 0.305 e. The number of sulfone groups is 1. The first-order valence-electron chi connectivity index (χ1n) is 5.40. The van der Waals surface area contributed by atoms with Crippen molar-refractivity contribution in [3.05, 3.63) is 17.7 Å². The fourth-order valence-electron chi connectivity index (χ4n) is 1.85. The van der Waals surface area contributed by atoms with Crippen LogP contribution in [0.1, 0.15) is 18.0 Å². The summed E-state index contributed by atoms with van der Waals surface area (Å²) in [4.78, 5) is 10.7. The fourth-order valence-corrected chi connectivity index (χ4v) is 2.81. The molecule has 0 aromatic heterocycles. The van der Waals surface area contributed by atoms with E-state index in [1.807, 2.05) is 0 Å². The van der Waals surface area contributed by atoms with Gasteiger partial charge in [-0.15, -0.1) is 0 Å². The van der Waals surface area contributed by atoms with Crippen LogP contribution in [0.15, 0.2) is 17.0 Å². The summed E-state index contributed by atoms with van der Waals surface area (Å²) in [5.74, 6) is -0.431. The first kappa shape index (κ1) is 13.6. The summed E-state index contributed by atoms with van der Waals surface area (Å²) in [6.45, 7) is -0.00381. The molecule has 0 saturated heterocycles. The Balaban J connectivity index is 2.54. The Bertz CT molecular complexity index is 624. The molecule has 0 aliphatic carbocycles. The van der Waals surface area contributed by atoms with Gasteiger partial charge in [-0.1, -0.05) is 0 Å². The Hall–Kier alpha value is -1.80. The zero-order valence-electron chi connectivity index (χ0n) is 10.1. The van der Waals surface area contributed by atoms with Gasteiger partial charge in [0, 0.05) is 18.4 Å². The number of benzene rings is 1. The molecule has 0 radical (unpaired) electrons. The second-order valence-electron chi connectivity index (χ2n) is 4.22. The predicted molar refractivity (Wildman–Crippen MR) is 64.9 cm³/mol. The van der Waals surface area contributed by atoms with Crippen LogP contribution in [0.5, 0.6) is 11.5 Å². The Labute approximate surface area is 109 Å². The Kier molecular flexibility index (Phi) is 3.38. The van der Waals surface area contributed by atoms with Gasteiger partial charge in [0.15, 0.2) is 21.3 Å². The third kappa shape index (κ3) is 2.79. The average Bonchev–Trinajstić information content (AvgIpc) is 2.71. The fraction of sp³-hybridized carbons (Fsp3) is 0.364. The lowest BCUT2D eigenvalue weighted by atomic mass is 10.0. The van der Waals surface area contributed by atoms with Gasteiger partial charge in [0.05, 0.1) is 11.3 Å². The minimum absolute atomic E-state index is 0.00381. The monoisotopic (exact) mass is 287 g/mol. The smallest absolute Gasteiger partial charge is 0.305 e. The number of nitrogens with two attached hydrogens (primary N) is 1. The van der Waals surface area contributed by atoms with Crippen LogP contribution in [0, 0.1) is 0 Å². The van der Waals surface area contributed by atoms with Crippen LogP contribution in [0.3, 0.4) is 0 Å². The van der Waals surface area contributed by atoms with Crippen molar-refractivity contribution in [3.63, 3.8) is 0 Å². The molecule has 1 unspecified atom stereocenters. The van der Waals surface area contributed by atoms with E-state index < -0.39 is 21.8 Å². The largest absolute Gasteiger partial charge is 0.481 e. The van der Waals surface area contributed by atoms with Crippen molar-refractivity contribution >= 4 is 15.8 Å². The highest BCUT2D eigenvalue weighted by molar-refractivity contribution is 7.90. The summed E-state index contributed by atoms with van der Waals surface area (Å²) >= 11 is 0. The molecule has 0 bridgehead atoms. The van der Waals surface area contributed by atoms with Gasteiger partial charge >= 0.3 is 5.97 Å². The number of carbonyl (C=O) groups is 1. The van der Waals surface area contributed by atoms with Crippen LogP contribution in [0.4, 0.5) is 0 Å². The standard InChI is InChI=1S/C11H13NO6S/c1-19(15,16)10-4-9-8(17-5-18-9)2-6(10)7(12)3-11(13)14/h2,4,7H,3,5,12H2,1H3,(H,13,14). The van der Waals surface area contributed by atoms with E-state index in [4.69, 9.17) is 20.3 Å². The highest BCUT2D eigenvalue weighted by Gasteiger charge is 2.25. The van der Waals surface area contributed by atoms with Crippen molar-refractivity contribution < 1.29 is 27.8 Å². The molecule has 1 heterocycles. The van der Waals surface area contributed by atoms with E-state index in [1.165, 1.54) is 12.1 Å². The molecule has 1 aliphatic heterocycles. The van der Waals surface area contributed by atoms with Crippen LogP contribution in [0.25, 0.3) is 0 Å². The van der Waals surface area contributed by atoms with Gasteiger partial charge < -0.3 is 20.3 Å². The summed E-state index contributed by atoms with van der Waals surface area (Å²) in [5, 5.41) is 8.75. The second kappa shape index (κ2) is 4.71. The molecule has 7 nitrogen and oxygen atoms in total. The van der Waals surface area contributed by atoms with E-state index in [9.17, 15) is 13.2 Å². The van der Waals surface area contributed by atoms with Crippen molar-refractivity contribution in [1.29, 1.82) is 0 Å². The first-order valence-corrected chi connectivity index (χ1v) is 7.29. The lowest BCUT2D eigenvalue weighted by Gasteiger charge is -2.14. The minimum Gasteiger partial charge on any atom is -0.481 e. The molecule has 0 amide bonds. The molecule has 0 saturated carbocycles. The molecule has 19 heavy (non-hydrogen) atoms. The molecule has 8 heteroatoms. The molecule has 3 N–H and O–H groups in total. The van der Waals surface area contributed by atoms with Gasteiger partial charge in [-0.3, -0.25) is 4.79 Å². The molecular weight excluding hydrogens is 274 g/mol. The molecule has 2 rings (SSSR count). The second-order valence-corrected chi connectivity index (χ2v) is 6.20. The zero-order chi connectivity index (χ0) is 14.2. The molecule has 1 aliphatic rings. The van der Waals surface area contributed by atoms with Crippen LogP contribution in [-0.4, -0.2) is 32.5 Å². The maximum atomic E-state index is 11.7. The SMILES string of the molecule is CS(=O)(=O)c1cc2c(cc1C(N)CC(=O)O)OCO2. The van der Waals surface area contributed by atoms with E-state index >= 15 is 0 Å².